The fourth-order valence-corrected chi connectivity index (χ4v) is 3.98. The average Bonchev–Trinajstić information content (AvgIpc) is 2.96. The van der Waals surface area contributed by atoms with E-state index in [1.165, 1.54) is 12.8 Å². The molecule has 2 aliphatic heterocycles. The van der Waals surface area contributed by atoms with E-state index in [9.17, 15) is 4.79 Å². The third kappa shape index (κ3) is 3.57. The van der Waals surface area contributed by atoms with Crippen LogP contribution < -0.4 is 4.90 Å². The van der Waals surface area contributed by atoms with Gasteiger partial charge in [-0.05, 0) is 31.7 Å². The lowest BCUT2D eigenvalue weighted by molar-refractivity contribution is -0.135. The number of rotatable bonds is 2. The van der Waals surface area contributed by atoms with Crippen LogP contribution in [0.1, 0.15) is 38.5 Å². The van der Waals surface area contributed by atoms with Crippen molar-refractivity contribution in [3.8, 4) is 0 Å². The number of piperidine rings is 1. The van der Waals surface area contributed by atoms with Gasteiger partial charge in [-0.15, -0.1) is 0 Å². The quantitative estimate of drug-likeness (QED) is 0.842. The molecule has 0 bridgehead atoms. The molecule has 6 nitrogen and oxygen atoms in total. The van der Waals surface area contributed by atoms with Crippen molar-refractivity contribution in [3.63, 3.8) is 0 Å². The average molecular weight is 339 g/mol. The van der Waals surface area contributed by atoms with E-state index >= 15 is 0 Å². The molecule has 0 saturated carbocycles. The molecule has 0 aromatic carbocycles. The van der Waals surface area contributed by atoms with Crippen LogP contribution in [0.3, 0.4) is 0 Å². The number of fused-ring (bicyclic) bond motifs is 1. The summed E-state index contributed by atoms with van der Waals surface area (Å²) in [6.45, 7) is 3.62. The Balaban J connectivity index is 1.48. The van der Waals surface area contributed by atoms with Gasteiger partial charge in [0.15, 0.2) is 5.65 Å². The van der Waals surface area contributed by atoms with E-state index in [-0.39, 0.29) is 5.92 Å². The van der Waals surface area contributed by atoms with Gasteiger partial charge in [0.2, 0.25) is 5.91 Å². The van der Waals surface area contributed by atoms with Gasteiger partial charge < -0.3 is 9.80 Å². The van der Waals surface area contributed by atoms with Crippen LogP contribution in [-0.2, 0) is 4.79 Å². The topological polar surface area (TPSA) is 62.2 Å². The van der Waals surface area contributed by atoms with Crippen LogP contribution in [-0.4, -0.2) is 51.9 Å². The fourth-order valence-electron chi connectivity index (χ4n) is 3.98. The van der Waals surface area contributed by atoms with E-state index < -0.39 is 0 Å². The van der Waals surface area contributed by atoms with Crippen molar-refractivity contribution >= 4 is 22.8 Å². The van der Waals surface area contributed by atoms with Crippen molar-refractivity contribution in [1.82, 2.24) is 19.9 Å². The highest BCUT2D eigenvalue weighted by atomic mass is 16.2. The van der Waals surface area contributed by atoms with Gasteiger partial charge in [0.1, 0.15) is 5.52 Å². The summed E-state index contributed by atoms with van der Waals surface area (Å²) in [5.41, 5.74) is 2.52. The number of nitrogens with zero attached hydrogens (tertiary/aromatic N) is 5. The first-order valence-corrected chi connectivity index (χ1v) is 9.42. The molecule has 0 radical (unpaired) electrons. The zero-order chi connectivity index (χ0) is 17.1. The van der Waals surface area contributed by atoms with E-state index in [1.54, 1.807) is 12.4 Å². The molecule has 0 N–H and O–H groups in total. The van der Waals surface area contributed by atoms with E-state index in [0.29, 0.717) is 11.6 Å². The Labute approximate surface area is 148 Å². The van der Waals surface area contributed by atoms with Crippen molar-refractivity contribution in [2.75, 3.05) is 31.1 Å². The maximum Gasteiger partial charge on any atom is 0.227 e. The Kier molecular flexibility index (Phi) is 4.76. The predicted molar refractivity (Wildman–Crippen MR) is 97.3 cm³/mol. The lowest BCUT2D eigenvalue weighted by Gasteiger charge is -2.36. The number of aromatic nitrogens is 3. The summed E-state index contributed by atoms with van der Waals surface area (Å²) in [5.74, 6) is 0.449. The molecule has 2 fully saturated rings. The number of carbonyl (C=O) groups is 1. The second-order valence-electron chi connectivity index (χ2n) is 7.12. The minimum atomic E-state index is 0.101. The highest BCUT2D eigenvalue weighted by Crippen LogP contribution is 2.26. The van der Waals surface area contributed by atoms with Gasteiger partial charge >= 0.3 is 0 Å². The van der Waals surface area contributed by atoms with E-state index in [4.69, 9.17) is 0 Å². The van der Waals surface area contributed by atoms with Crippen molar-refractivity contribution < 1.29 is 4.79 Å². The third-order valence-corrected chi connectivity index (χ3v) is 5.36. The lowest BCUT2D eigenvalue weighted by atomic mass is 9.96. The van der Waals surface area contributed by atoms with Crippen molar-refractivity contribution in [1.29, 1.82) is 0 Å². The molecule has 25 heavy (non-hydrogen) atoms. The standard InChI is InChI=1S/C19H25N5O/c25-19(23-9-3-1-2-4-10-23)15-6-5-11-24(14-15)16-12-17-18(22-13-16)21-8-7-20-17/h7-8,12-13,15H,1-6,9-11,14H2/t15-/m0/s1. The summed E-state index contributed by atoms with van der Waals surface area (Å²) in [6, 6.07) is 2.04. The van der Waals surface area contributed by atoms with Gasteiger partial charge in [-0.2, -0.15) is 0 Å². The van der Waals surface area contributed by atoms with Crippen molar-refractivity contribution in [2.45, 2.75) is 38.5 Å². The number of amides is 1. The molecule has 2 aromatic heterocycles. The molecule has 2 aromatic rings. The first-order chi connectivity index (χ1) is 12.3. The molecule has 0 unspecified atom stereocenters. The lowest BCUT2D eigenvalue weighted by Crippen LogP contribution is -2.45. The first-order valence-electron chi connectivity index (χ1n) is 9.42. The summed E-state index contributed by atoms with van der Waals surface area (Å²) in [6.07, 6.45) is 12.0. The summed E-state index contributed by atoms with van der Waals surface area (Å²) >= 11 is 0. The highest BCUT2D eigenvalue weighted by molar-refractivity contribution is 5.80. The smallest absolute Gasteiger partial charge is 0.227 e. The van der Waals surface area contributed by atoms with E-state index in [2.05, 4.69) is 24.8 Å². The number of anilines is 1. The minimum Gasteiger partial charge on any atom is -0.369 e. The molecular weight excluding hydrogens is 314 g/mol. The van der Waals surface area contributed by atoms with Gasteiger partial charge in [-0.1, -0.05) is 12.8 Å². The summed E-state index contributed by atoms with van der Waals surface area (Å²) in [7, 11) is 0. The Bertz CT molecular complexity index is 741. The summed E-state index contributed by atoms with van der Waals surface area (Å²) in [4.78, 5) is 30.3. The molecule has 2 aliphatic rings. The van der Waals surface area contributed by atoms with Crippen LogP contribution in [0.2, 0.25) is 0 Å². The highest BCUT2D eigenvalue weighted by Gasteiger charge is 2.29. The second-order valence-corrected chi connectivity index (χ2v) is 7.12. The zero-order valence-electron chi connectivity index (χ0n) is 14.6. The molecule has 0 aliphatic carbocycles. The Hall–Kier alpha value is -2.24. The van der Waals surface area contributed by atoms with Crippen LogP contribution in [0, 0.1) is 5.92 Å². The fraction of sp³-hybridized carbons (Fsp3) is 0.579. The van der Waals surface area contributed by atoms with E-state index in [0.717, 1.165) is 63.1 Å². The molecule has 2 saturated heterocycles. The van der Waals surface area contributed by atoms with Gasteiger partial charge in [0.25, 0.3) is 0 Å². The normalized spacial score (nSPS) is 22.0. The number of carbonyl (C=O) groups excluding carboxylic acids is 1. The SMILES string of the molecule is O=C([C@H]1CCCN(c2cnc3nccnc3c2)C1)N1CCCCCC1. The minimum absolute atomic E-state index is 0.101. The van der Waals surface area contributed by atoms with Crippen LogP contribution in [0.4, 0.5) is 5.69 Å². The molecule has 0 spiro atoms. The van der Waals surface area contributed by atoms with Gasteiger partial charge in [0.05, 0.1) is 17.8 Å². The van der Waals surface area contributed by atoms with Crippen LogP contribution in [0.15, 0.2) is 24.7 Å². The molecule has 4 heterocycles. The maximum atomic E-state index is 13.0. The van der Waals surface area contributed by atoms with E-state index in [1.807, 2.05) is 12.3 Å². The second kappa shape index (κ2) is 7.33. The number of pyridine rings is 1. The largest absolute Gasteiger partial charge is 0.369 e. The number of hydrogen-bond donors (Lipinski definition) is 0. The van der Waals surface area contributed by atoms with Gasteiger partial charge in [-0.25, -0.2) is 9.97 Å². The maximum absolute atomic E-state index is 13.0. The third-order valence-electron chi connectivity index (χ3n) is 5.36. The van der Waals surface area contributed by atoms with Crippen LogP contribution >= 0.6 is 0 Å². The Morgan fingerprint density at radius 2 is 1.76 bits per heavy atom. The first kappa shape index (κ1) is 16.2. The number of likely N-dealkylation sites (tertiary alicyclic amines) is 1. The summed E-state index contributed by atoms with van der Waals surface area (Å²) in [5, 5.41) is 0. The van der Waals surface area contributed by atoms with Gasteiger partial charge in [-0.3, -0.25) is 9.78 Å². The molecule has 4 rings (SSSR count). The monoisotopic (exact) mass is 339 g/mol. The Morgan fingerprint density at radius 3 is 2.60 bits per heavy atom. The van der Waals surface area contributed by atoms with Crippen LogP contribution in [0.5, 0.6) is 0 Å². The molecular formula is C19H25N5O. The molecule has 132 valence electrons. The predicted octanol–water partition coefficient (Wildman–Crippen LogP) is 2.64. The molecule has 6 heteroatoms. The molecule has 1 amide bonds. The van der Waals surface area contributed by atoms with Crippen molar-refractivity contribution in [3.05, 3.63) is 24.7 Å². The van der Waals surface area contributed by atoms with Crippen molar-refractivity contribution in [2.24, 2.45) is 5.92 Å². The Morgan fingerprint density at radius 1 is 0.960 bits per heavy atom. The van der Waals surface area contributed by atoms with Crippen LogP contribution in [0.25, 0.3) is 11.2 Å². The number of hydrogen-bond acceptors (Lipinski definition) is 5. The zero-order valence-corrected chi connectivity index (χ0v) is 14.6. The molecule has 1 atom stereocenters. The summed E-state index contributed by atoms with van der Waals surface area (Å²) < 4.78 is 0. The van der Waals surface area contributed by atoms with Gasteiger partial charge in [0, 0.05) is 38.6 Å².